The van der Waals surface area contributed by atoms with Gasteiger partial charge in [-0.05, 0) is 65.8 Å². The van der Waals surface area contributed by atoms with E-state index >= 15 is 0 Å². The first-order valence-corrected chi connectivity index (χ1v) is 6.85. The third kappa shape index (κ3) is 3.18. The topological polar surface area (TPSA) is 20.2 Å². The number of rotatable bonds is 4. The summed E-state index contributed by atoms with van der Waals surface area (Å²) < 4.78 is 0. The monoisotopic (exact) mass is 246 g/mol. The van der Waals surface area contributed by atoms with E-state index in [0.717, 1.165) is 12.8 Å². The number of aliphatic hydroxyl groups excluding tert-OH is 1. The molecule has 90 valence electrons. The number of aryl methyl sites for hydroxylation is 2. The number of aliphatic hydroxyl groups is 1. The second-order valence-electron chi connectivity index (χ2n) is 4.56. The van der Waals surface area contributed by atoms with Crippen LogP contribution >= 0.6 is 11.3 Å². The molecule has 0 fully saturated rings. The van der Waals surface area contributed by atoms with Crippen LogP contribution in [0.4, 0.5) is 0 Å². The maximum absolute atomic E-state index is 10.1. The third-order valence-corrected chi connectivity index (χ3v) is 3.87. The first kappa shape index (κ1) is 12.3. The third-order valence-electron chi connectivity index (χ3n) is 3.14. The van der Waals surface area contributed by atoms with Crippen molar-refractivity contribution in [3.05, 3.63) is 57.3 Å². The predicted molar refractivity (Wildman–Crippen MR) is 73.6 cm³/mol. The molecule has 0 saturated heterocycles. The Balaban J connectivity index is 2.05. The molecule has 1 nitrogen and oxygen atoms in total. The van der Waals surface area contributed by atoms with Crippen LogP contribution in [0.1, 0.15) is 22.3 Å². The van der Waals surface area contributed by atoms with Gasteiger partial charge in [0.25, 0.3) is 0 Å². The van der Waals surface area contributed by atoms with Crippen molar-refractivity contribution in [1.82, 2.24) is 0 Å². The van der Waals surface area contributed by atoms with Gasteiger partial charge in [-0.25, -0.2) is 0 Å². The van der Waals surface area contributed by atoms with Crippen molar-refractivity contribution in [2.75, 3.05) is 0 Å². The van der Waals surface area contributed by atoms with Gasteiger partial charge in [-0.2, -0.15) is 11.3 Å². The molecule has 0 amide bonds. The van der Waals surface area contributed by atoms with Crippen molar-refractivity contribution in [1.29, 1.82) is 0 Å². The summed E-state index contributed by atoms with van der Waals surface area (Å²) in [5.41, 5.74) is 5.06. The van der Waals surface area contributed by atoms with E-state index in [0.29, 0.717) is 0 Å². The van der Waals surface area contributed by atoms with Crippen molar-refractivity contribution in [3.8, 4) is 0 Å². The summed E-state index contributed by atoms with van der Waals surface area (Å²) in [7, 11) is 0. The molecule has 0 aliphatic carbocycles. The lowest BCUT2D eigenvalue weighted by Gasteiger charge is -2.14. The minimum Gasteiger partial charge on any atom is -0.392 e. The molecular weight excluding hydrogens is 228 g/mol. The molecule has 2 aromatic rings. The quantitative estimate of drug-likeness (QED) is 0.875. The van der Waals surface area contributed by atoms with E-state index in [4.69, 9.17) is 0 Å². The van der Waals surface area contributed by atoms with Crippen LogP contribution in [0.5, 0.6) is 0 Å². The summed E-state index contributed by atoms with van der Waals surface area (Å²) in [6, 6.07) is 8.37. The van der Waals surface area contributed by atoms with Crippen molar-refractivity contribution >= 4 is 11.3 Å². The molecule has 1 heterocycles. The van der Waals surface area contributed by atoms with Crippen LogP contribution in [0.3, 0.4) is 0 Å². The first-order chi connectivity index (χ1) is 8.16. The summed E-state index contributed by atoms with van der Waals surface area (Å²) in [6.45, 7) is 4.22. The van der Waals surface area contributed by atoms with Gasteiger partial charge in [-0.15, -0.1) is 0 Å². The van der Waals surface area contributed by atoms with Gasteiger partial charge in [0, 0.05) is 0 Å². The van der Waals surface area contributed by atoms with Crippen LogP contribution in [0.15, 0.2) is 35.0 Å². The molecule has 0 radical (unpaired) electrons. The molecule has 1 atom stereocenters. The summed E-state index contributed by atoms with van der Waals surface area (Å²) in [5, 5.41) is 14.3. The standard InChI is InChI=1S/C15H18OS/c1-11-4-3-5-12(2)15(11)9-14(16)8-13-6-7-17-10-13/h3-7,10,14,16H,8-9H2,1-2H3. The number of hydrogen-bond acceptors (Lipinski definition) is 2. The fourth-order valence-corrected chi connectivity index (χ4v) is 2.84. The average Bonchev–Trinajstić information content (AvgIpc) is 2.76. The van der Waals surface area contributed by atoms with Crippen molar-refractivity contribution in [3.63, 3.8) is 0 Å². The Morgan fingerprint density at radius 2 is 1.82 bits per heavy atom. The summed E-state index contributed by atoms with van der Waals surface area (Å²) in [5.74, 6) is 0. The minimum absolute atomic E-state index is 0.288. The Morgan fingerprint density at radius 1 is 1.12 bits per heavy atom. The highest BCUT2D eigenvalue weighted by atomic mass is 32.1. The van der Waals surface area contributed by atoms with Crippen LogP contribution < -0.4 is 0 Å². The lowest BCUT2D eigenvalue weighted by atomic mass is 9.95. The molecule has 1 N–H and O–H groups in total. The van der Waals surface area contributed by atoms with Crippen LogP contribution in [-0.2, 0) is 12.8 Å². The SMILES string of the molecule is Cc1cccc(C)c1CC(O)Cc1ccsc1. The maximum atomic E-state index is 10.1. The molecule has 0 aliphatic rings. The zero-order chi connectivity index (χ0) is 12.3. The summed E-state index contributed by atoms with van der Waals surface area (Å²) in [4.78, 5) is 0. The van der Waals surface area contributed by atoms with Gasteiger partial charge < -0.3 is 5.11 Å². The Bertz CT molecular complexity index is 453. The second-order valence-corrected chi connectivity index (χ2v) is 5.34. The predicted octanol–water partition coefficient (Wildman–Crippen LogP) is 3.51. The number of hydrogen-bond donors (Lipinski definition) is 1. The fraction of sp³-hybridized carbons (Fsp3) is 0.333. The largest absolute Gasteiger partial charge is 0.392 e. The molecule has 0 spiro atoms. The van der Waals surface area contributed by atoms with Gasteiger partial charge >= 0.3 is 0 Å². The van der Waals surface area contributed by atoms with Crippen molar-refractivity contribution in [2.45, 2.75) is 32.8 Å². The fourth-order valence-electron chi connectivity index (χ4n) is 2.16. The average molecular weight is 246 g/mol. The van der Waals surface area contributed by atoms with Crippen molar-refractivity contribution < 1.29 is 5.11 Å². The number of thiophene rings is 1. The first-order valence-electron chi connectivity index (χ1n) is 5.91. The van der Waals surface area contributed by atoms with E-state index < -0.39 is 0 Å². The van der Waals surface area contributed by atoms with Crippen LogP contribution in [0, 0.1) is 13.8 Å². The molecule has 2 heteroatoms. The van der Waals surface area contributed by atoms with Gasteiger partial charge in [0.2, 0.25) is 0 Å². The number of benzene rings is 1. The summed E-state index contributed by atoms with van der Waals surface area (Å²) >= 11 is 1.68. The van der Waals surface area contributed by atoms with Crippen molar-refractivity contribution in [2.24, 2.45) is 0 Å². The zero-order valence-corrected chi connectivity index (χ0v) is 11.1. The molecule has 0 bridgehead atoms. The lowest BCUT2D eigenvalue weighted by molar-refractivity contribution is 0.175. The molecule has 17 heavy (non-hydrogen) atoms. The lowest BCUT2D eigenvalue weighted by Crippen LogP contribution is -2.15. The maximum Gasteiger partial charge on any atom is 0.0621 e. The highest BCUT2D eigenvalue weighted by Crippen LogP contribution is 2.17. The minimum atomic E-state index is -0.288. The van der Waals surface area contributed by atoms with E-state index in [-0.39, 0.29) is 6.10 Å². The van der Waals surface area contributed by atoms with Crippen LogP contribution in [0.2, 0.25) is 0 Å². The van der Waals surface area contributed by atoms with Crippen LogP contribution in [-0.4, -0.2) is 11.2 Å². The van der Waals surface area contributed by atoms with Gasteiger partial charge in [0.15, 0.2) is 0 Å². The molecule has 0 saturated carbocycles. The van der Waals surface area contributed by atoms with E-state index in [1.165, 1.54) is 22.3 Å². The molecular formula is C15H18OS. The Hall–Kier alpha value is -1.12. The van der Waals surface area contributed by atoms with E-state index in [1.807, 2.05) is 0 Å². The Labute approximate surface area is 107 Å². The normalized spacial score (nSPS) is 12.6. The molecule has 2 rings (SSSR count). The van der Waals surface area contributed by atoms with E-state index in [2.05, 4.69) is 48.9 Å². The Morgan fingerprint density at radius 3 is 2.41 bits per heavy atom. The highest BCUT2D eigenvalue weighted by Gasteiger charge is 2.10. The summed E-state index contributed by atoms with van der Waals surface area (Å²) in [6.07, 6.45) is 1.20. The molecule has 1 aromatic heterocycles. The Kier molecular flexibility index (Phi) is 3.97. The van der Waals surface area contributed by atoms with Gasteiger partial charge in [-0.3, -0.25) is 0 Å². The zero-order valence-electron chi connectivity index (χ0n) is 10.3. The van der Waals surface area contributed by atoms with Crippen LogP contribution in [0.25, 0.3) is 0 Å². The van der Waals surface area contributed by atoms with Gasteiger partial charge in [0.05, 0.1) is 6.10 Å². The van der Waals surface area contributed by atoms with Gasteiger partial charge in [0.1, 0.15) is 0 Å². The van der Waals surface area contributed by atoms with Gasteiger partial charge in [-0.1, -0.05) is 18.2 Å². The van der Waals surface area contributed by atoms with E-state index in [1.54, 1.807) is 11.3 Å². The second kappa shape index (κ2) is 5.48. The molecule has 1 unspecified atom stereocenters. The molecule has 0 aliphatic heterocycles. The highest BCUT2D eigenvalue weighted by molar-refractivity contribution is 7.07. The smallest absolute Gasteiger partial charge is 0.0621 e. The molecule has 1 aromatic carbocycles. The van der Waals surface area contributed by atoms with E-state index in [9.17, 15) is 5.11 Å².